The molecule has 8 N–H and O–H groups in total. The van der Waals surface area contributed by atoms with Crippen molar-refractivity contribution in [2.45, 2.75) is 102 Å². The summed E-state index contributed by atoms with van der Waals surface area (Å²) in [6.45, 7) is 4.72. The molecule has 0 bridgehead atoms. The molecule has 6 amide bonds. The van der Waals surface area contributed by atoms with Crippen molar-refractivity contribution in [2.75, 3.05) is 18.6 Å². The number of nitrogens with zero attached hydrogens (tertiary/aromatic N) is 1. The van der Waals surface area contributed by atoms with Gasteiger partial charge >= 0.3 is 11.9 Å². The highest BCUT2D eigenvalue weighted by molar-refractivity contribution is 7.98. The topological polar surface area (TPSA) is 261 Å². The Bertz CT molecular complexity index is 1180. The highest BCUT2D eigenvalue weighted by atomic mass is 32.2. The first-order valence-corrected chi connectivity index (χ1v) is 16.4. The summed E-state index contributed by atoms with van der Waals surface area (Å²) in [7, 11) is 0. The quantitative estimate of drug-likeness (QED) is 0.120. The van der Waals surface area contributed by atoms with Crippen molar-refractivity contribution in [1.82, 2.24) is 31.5 Å². The molecular weight excluding hydrogens is 628 g/mol. The van der Waals surface area contributed by atoms with Crippen LogP contribution in [0.3, 0.4) is 0 Å². The van der Waals surface area contributed by atoms with E-state index in [4.69, 9.17) is 0 Å². The van der Waals surface area contributed by atoms with Gasteiger partial charge in [-0.05, 0) is 50.5 Å². The minimum absolute atomic E-state index is 0.0503. The van der Waals surface area contributed by atoms with Crippen LogP contribution in [0.5, 0.6) is 0 Å². The van der Waals surface area contributed by atoms with E-state index in [9.17, 15) is 53.7 Å². The molecule has 0 radical (unpaired) electrons. The van der Waals surface area contributed by atoms with Crippen LogP contribution in [0.4, 0.5) is 0 Å². The van der Waals surface area contributed by atoms with Crippen LogP contribution in [-0.2, 0) is 38.4 Å². The molecule has 2 heterocycles. The number of carbonyl (C=O) groups is 8. The summed E-state index contributed by atoms with van der Waals surface area (Å²) in [5.74, 6) is -8.20. The predicted octanol–water partition coefficient (Wildman–Crippen LogP) is -2.46. The van der Waals surface area contributed by atoms with Gasteiger partial charge in [0, 0.05) is 6.54 Å². The molecule has 46 heavy (non-hydrogen) atoms. The molecule has 7 atom stereocenters. The van der Waals surface area contributed by atoms with Crippen LogP contribution in [0.2, 0.25) is 0 Å². The first kappa shape index (κ1) is 38.3. The van der Waals surface area contributed by atoms with Gasteiger partial charge in [0.1, 0.15) is 36.3 Å². The number of aliphatic hydroxyl groups excluding tert-OH is 1. The molecule has 2 aliphatic rings. The van der Waals surface area contributed by atoms with Crippen molar-refractivity contribution in [3.8, 4) is 0 Å². The Morgan fingerprint density at radius 1 is 0.783 bits per heavy atom. The lowest BCUT2D eigenvalue weighted by Crippen LogP contribution is -2.63. The predicted molar refractivity (Wildman–Crippen MR) is 163 cm³/mol. The fraction of sp³-hybridized carbons (Fsp3) is 0.714. The average Bonchev–Trinajstić information content (AvgIpc) is 3.45. The smallest absolute Gasteiger partial charge is 0.305 e. The zero-order valence-corrected chi connectivity index (χ0v) is 27.1. The second-order valence-electron chi connectivity index (χ2n) is 11.8. The van der Waals surface area contributed by atoms with Crippen molar-refractivity contribution in [3.63, 3.8) is 0 Å². The van der Waals surface area contributed by atoms with Crippen molar-refractivity contribution in [3.05, 3.63) is 0 Å². The number of hydrogen-bond donors (Lipinski definition) is 8. The molecule has 2 saturated heterocycles. The highest BCUT2D eigenvalue weighted by Gasteiger charge is 2.41. The van der Waals surface area contributed by atoms with Crippen LogP contribution in [0, 0.1) is 5.92 Å². The van der Waals surface area contributed by atoms with Gasteiger partial charge in [-0.3, -0.25) is 38.4 Å². The number of fused-ring (bicyclic) bond motifs is 1. The number of carbonyl (C=O) groups excluding carboxylic acids is 6. The molecular formula is C28H44N6O11S. The lowest BCUT2D eigenvalue weighted by atomic mass is 10.0. The second kappa shape index (κ2) is 17.7. The van der Waals surface area contributed by atoms with Gasteiger partial charge in [-0.15, -0.1) is 0 Å². The van der Waals surface area contributed by atoms with Crippen molar-refractivity contribution in [1.29, 1.82) is 0 Å². The van der Waals surface area contributed by atoms with Crippen LogP contribution in [0.15, 0.2) is 0 Å². The number of aliphatic carboxylic acids is 2. The number of nitrogens with one attached hydrogen (secondary N) is 5. The summed E-state index contributed by atoms with van der Waals surface area (Å²) in [4.78, 5) is 105. The fourth-order valence-corrected chi connectivity index (χ4v) is 5.67. The molecule has 258 valence electrons. The molecule has 0 unspecified atom stereocenters. The number of aliphatic hydroxyl groups is 1. The molecule has 17 nitrogen and oxygen atoms in total. The minimum atomic E-state index is -1.80. The third-order valence-electron chi connectivity index (χ3n) is 7.49. The van der Waals surface area contributed by atoms with Gasteiger partial charge in [0.25, 0.3) is 0 Å². The number of thioether (sulfide) groups is 1. The van der Waals surface area contributed by atoms with Gasteiger partial charge in [0.2, 0.25) is 35.4 Å². The molecule has 0 spiro atoms. The van der Waals surface area contributed by atoms with Crippen LogP contribution < -0.4 is 26.6 Å². The van der Waals surface area contributed by atoms with Gasteiger partial charge in [0.05, 0.1) is 18.9 Å². The van der Waals surface area contributed by atoms with E-state index >= 15 is 0 Å². The normalized spacial score (nSPS) is 27.7. The third kappa shape index (κ3) is 11.1. The lowest BCUT2D eigenvalue weighted by molar-refractivity contribution is -0.147. The zero-order valence-electron chi connectivity index (χ0n) is 26.2. The van der Waals surface area contributed by atoms with E-state index in [1.807, 2.05) is 0 Å². The standard InChI is InChI=1S/C28H44N6O11S/c1-13(2)10-16-24(41)31-17(11-20(36)37)25(42)33-22(14(3)35)27(44)32-18(12-21(38)39)28(45)34-8-5-6-19(34)26(43)29-15(7-9-46-4)23(40)30-16/h13-19,22,35H,5-12H2,1-4H3,(H,29,43)(H,30,40)(H,31,41)(H,32,44)(H,33,42)(H,36,37)(H,38,39)/t14-,15+,16+,17+,18+,19-,22+/m1/s1. The number of amides is 6. The Morgan fingerprint density at radius 3 is 1.87 bits per heavy atom. The van der Waals surface area contributed by atoms with Crippen molar-refractivity contribution < 1.29 is 53.7 Å². The molecule has 0 aromatic rings. The van der Waals surface area contributed by atoms with Gasteiger partial charge < -0.3 is 46.8 Å². The summed E-state index contributed by atoms with van der Waals surface area (Å²) < 4.78 is 0. The maximum Gasteiger partial charge on any atom is 0.305 e. The molecule has 18 heteroatoms. The van der Waals surface area contributed by atoms with Crippen LogP contribution >= 0.6 is 11.8 Å². The van der Waals surface area contributed by atoms with Crippen LogP contribution in [-0.4, -0.2) is 129 Å². The summed E-state index contributed by atoms with van der Waals surface area (Å²) in [5.41, 5.74) is 0. The fourth-order valence-electron chi connectivity index (χ4n) is 5.20. The van der Waals surface area contributed by atoms with Crippen molar-refractivity contribution in [2.24, 2.45) is 5.92 Å². The first-order valence-electron chi connectivity index (χ1n) is 15.0. The van der Waals surface area contributed by atoms with Crippen molar-refractivity contribution >= 4 is 59.1 Å². The summed E-state index contributed by atoms with van der Waals surface area (Å²) >= 11 is 1.40. The third-order valence-corrected chi connectivity index (χ3v) is 8.13. The second-order valence-corrected chi connectivity index (χ2v) is 12.8. The van der Waals surface area contributed by atoms with E-state index in [0.717, 1.165) is 11.8 Å². The van der Waals surface area contributed by atoms with Crippen LogP contribution in [0.25, 0.3) is 0 Å². The Kier molecular flexibility index (Phi) is 14.7. The zero-order chi connectivity index (χ0) is 34.7. The Labute approximate surface area is 270 Å². The van der Waals surface area contributed by atoms with Gasteiger partial charge in [-0.25, -0.2) is 0 Å². The lowest BCUT2D eigenvalue weighted by Gasteiger charge is -2.31. The Hall–Kier alpha value is -3.93. The number of carboxylic acids is 2. The van der Waals surface area contributed by atoms with E-state index in [1.165, 1.54) is 11.8 Å². The minimum Gasteiger partial charge on any atom is -0.481 e. The van der Waals surface area contributed by atoms with Gasteiger partial charge in [-0.2, -0.15) is 11.8 Å². The first-order chi connectivity index (χ1) is 21.5. The number of hydrogen-bond acceptors (Lipinski definition) is 10. The number of rotatable bonds is 10. The van der Waals surface area contributed by atoms with E-state index in [-0.39, 0.29) is 31.7 Å². The Morgan fingerprint density at radius 2 is 1.30 bits per heavy atom. The average molecular weight is 673 g/mol. The molecule has 2 aliphatic heterocycles. The molecule has 2 fully saturated rings. The highest BCUT2D eigenvalue weighted by Crippen LogP contribution is 2.20. The van der Waals surface area contributed by atoms with Gasteiger partial charge in [0.15, 0.2) is 0 Å². The molecule has 0 aromatic carbocycles. The van der Waals surface area contributed by atoms with E-state index in [0.29, 0.717) is 12.2 Å². The molecule has 0 aliphatic carbocycles. The monoisotopic (exact) mass is 672 g/mol. The largest absolute Gasteiger partial charge is 0.481 e. The summed E-state index contributed by atoms with van der Waals surface area (Å²) in [5, 5.41) is 41.2. The maximum absolute atomic E-state index is 13.6. The summed E-state index contributed by atoms with van der Waals surface area (Å²) in [6.07, 6.45) is -0.868. The van der Waals surface area contributed by atoms with E-state index < -0.39 is 103 Å². The Balaban J connectivity index is 2.62. The molecule has 0 aromatic heterocycles. The van der Waals surface area contributed by atoms with E-state index in [1.54, 1.807) is 20.1 Å². The van der Waals surface area contributed by atoms with Gasteiger partial charge in [-0.1, -0.05) is 13.8 Å². The summed E-state index contributed by atoms with van der Waals surface area (Å²) in [6, 6.07) is -8.76. The SMILES string of the molecule is CSCC[C@@H]1NC(=O)[C@H]2CCCN2C(=O)[C@H](CC(=O)O)NC(=O)[C@H]([C@@H](C)O)NC(=O)[C@H](CC(=O)O)NC(=O)[C@H](CC(C)C)NC1=O. The molecule has 0 saturated carbocycles. The van der Waals surface area contributed by atoms with E-state index in [2.05, 4.69) is 26.6 Å². The molecule has 2 rings (SSSR count). The van der Waals surface area contributed by atoms with Crippen LogP contribution in [0.1, 0.15) is 59.3 Å². The maximum atomic E-state index is 13.6. The number of carboxylic acid groups (broad SMARTS) is 2.